The molecule has 0 radical (unpaired) electrons. The van der Waals surface area contributed by atoms with Crippen molar-refractivity contribution in [2.24, 2.45) is 0 Å². The average Bonchev–Trinajstić information content (AvgIpc) is 2.37. The second-order valence-corrected chi connectivity index (χ2v) is 5.74. The SMILES string of the molecule is CC(C)(C)c1ccccc1NCc1ccccc1F. The van der Waals surface area contributed by atoms with Crippen LogP contribution in [0.25, 0.3) is 0 Å². The van der Waals surface area contributed by atoms with Crippen LogP contribution in [0.5, 0.6) is 0 Å². The van der Waals surface area contributed by atoms with Crippen molar-refractivity contribution in [2.75, 3.05) is 5.32 Å². The minimum absolute atomic E-state index is 0.0683. The predicted octanol–water partition coefficient (Wildman–Crippen LogP) is 4.74. The van der Waals surface area contributed by atoms with E-state index in [1.807, 2.05) is 30.3 Å². The van der Waals surface area contributed by atoms with Crippen LogP contribution in [-0.2, 0) is 12.0 Å². The lowest BCUT2D eigenvalue weighted by Gasteiger charge is -2.23. The summed E-state index contributed by atoms with van der Waals surface area (Å²) in [6.07, 6.45) is 0. The van der Waals surface area contributed by atoms with Gasteiger partial charge in [-0.25, -0.2) is 4.39 Å². The van der Waals surface area contributed by atoms with Crippen molar-refractivity contribution in [1.29, 1.82) is 0 Å². The van der Waals surface area contributed by atoms with Gasteiger partial charge in [0.05, 0.1) is 0 Å². The first kappa shape index (κ1) is 13.6. The van der Waals surface area contributed by atoms with Crippen LogP contribution in [0.3, 0.4) is 0 Å². The second kappa shape index (κ2) is 5.43. The highest BCUT2D eigenvalue weighted by molar-refractivity contribution is 5.54. The molecule has 0 spiro atoms. The molecule has 0 unspecified atom stereocenters. The summed E-state index contributed by atoms with van der Waals surface area (Å²) in [7, 11) is 0. The van der Waals surface area contributed by atoms with E-state index in [1.54, 1.807) is 6.07 Å². The molecule has 0 bridgehead atoms. The summed E-state index contributed by atoms with van der Waals surface area (Å²) in [5, 5.41) is 3.34. The maximum atomic E-state index is 13.6. The van der Waals surface area contributed by atoms with Crippen LogP contribution in [0.1, 0.15) is 31.9 Å². The van der Waals surface area contributed by atoms with Crippen LogP contribution in [0.4, 0.5) is 10.1 Å². The van der Waals surface area contributed by atoms with Gasteiger partial charge in [0.2, 0.25) is 0 Å². The second-order valence-electron chi connectivity index (χ2n) is 5.74. The summed E-state index contributed by atoms with van der Waals surface area (Å²) in [5.41, 5.74) is 3.06. The number of halogens is 1. The first-order chi connectivity index (χ1) is 8.98. The predicted molar refractivity (Wildman–Crippen MR) is 78.9 cm³/mol. The van der Waals surface area contributed by atoms with E-state index in [1.165, 1.54) is 11.6 Å². The Labute approximate surface area is 114 Å². The molecule has 0 atom stereocenters. The molecule has 2 aromatic rings. The fraction of sp³-hybridized carbons (Fsp3) is 0.294. The van der Waals surface area contributed by atoms with Crippen LogP contribution in [0, 0.1) is 5.82 Å². The van der Waals surface area contributed by atoms with Crippen molar-refractivity contribution >= 4 is 5.69 Å². The first-order valence-electron chi connectivity index (χ1n) is 6.55. The van der Waals surface area contributed by atoms with Gasteiger partial charge < -0.3 is 5.32 Å². The fourth-order valence-corrected chi connectivity index (χ4v) is 2.12. The minimum Gasteiger partial charge on any atom is -0.381 e. The smallest absolute Gasteiger partial charge is 0.128 e. The zero-order chi connectivity index (χ0) is 13.9. The normalized spacial score (nSPS) is 11.4. The highest BCUT2D eigenvalue weighted by Gasteiger charge is 2.17. The Bertz CT molecular complexity index is 555. The monoisotopic (exact) mass is 257 g/mol. The van der Waals surface area contributed by atoms with E-state index < -0.39 is 0 Å². The molecule has 2 aromatic carbocycles. The van der Waals surface area contributed by atoms with E-state index in [0.717, 1.165) is 5.69 Å². The van der Waals surface area contributed by atoms with Gasteiger partial charge in [-0.1, -0.05) is 57.2 Å². The third-order valence-corrected chi connectivity index (χ3v) is 3.16. The van der Waals surface area contributed by atoms with Gasteiger partial charge in [-0.3, -0.25) is 0 Å². The third kappa shape index (κ3) is 3.34. The van der Waals surface area contributed by atoms with E-state index >= 15 is 0 Å². The molecule has 2 rings (SSSR count). The quantitative estimate of drug-likeness (QED) is 0.837. The molecular formula is C17H20FN. The lowest BCUT2D eigenvalue weighted by Crippen LogP contribution is -2.15. The van der Waals surface area contributed by atoms with Gasteiger partial charge in [0.15, 0.2) is 0 Å². The first-order valence-corrected chi connectivity index (χ1v) is 6.55. The van der Waals surface area contributed by atoms with Crippen LogP contribution < -0.4 is 5.32 Å². The molecule has 0 aliphatic carbocycles. The third-order valence-electron chi connectivity index (χ3n) is 3.16. The number of benzene rings is 2. The molecule has 0 amide bonds. The number of para-hydroxylation sites is 1. The van der Waals surface area contributed by atoms with Crippen molar-refractivity contribution in [3.63, 3.8) is 0 Å². The van der Waals surface area contributed by atoms with E-state index in [0.29, 0.717) is 12.1 Å². The van der Waals surface area contributed by atoms with E-state index in [9.17, 15) is 4.39 Å². The van der Waals surface area contributed by atoms with Gasteiger partial charge in [0.1, 0.15) is 5.82 Å². The summed E-state index contributed by atoms with van der Waals surface area (Å²) >= 11 is 0. The average molecular weight is 257 g/mol. The number of rotatable bonds is 3. The lowest BCUT2D eigenvalue weighted by atomic mass is 9.86. The molecule has 1 nitrogen and oxygen atoms in total. The Morgan fingerprint density at radius 2 is 1.58 bits per heavy atom. The van der Waals surface area contributed by atoms with Gasteiger partial charge in [-0.15, -0.1) is 0 Å². The van der Waals surface area contributed by atoms with Crippen LogP contribution in [0.2, 0.25) is 0 Å². The van der Waals surface area contributed by atoms with Crippen molar-refractivity contribution < 1.29 is 4.39 Å². The van der Waals surface area contributed by atoms with Gasteiger partial charge in [-0.05, 0) is 23.1 Å². The molecular weight excluding hydrogens is 237 g/mol. The molecule has 0 aliphatic heterocycles. The summed E-state index contributed by atoms with van der Waals surface area (Å²) < 4.78 is 13.6. The standard InChI is InChI=1S/C17H20FN/c1-17(2,3)14-9-5-7-11-16(14)19-12-13-8-4-6-10-15(13)18/h4-11,19H,12H2,1-3H3. The van der Waals surface area contributed by atoms with Crippen molar-refractivity contribution in [1.82, 2.24) is 0 Å². The van der Waals surface area contributed by atoms with Crippen molar-refractivity contribution in [3.8, 4) is 0 Å². The van der Waals surface area contributed by atoms with Gasteiger partial charge in [0.25, 0.3) is 0 Å². The molecule has 0 heterocycles. The Kier molecular flexibility index (Phi) is 3.89. The van der Waals surface area contributed by atoms with Gasteiger partial charge >= 0.3 is 0 Å². The highest BCUT2D eigenvalue weighted by Crippen LogP contribution is 2.29. The number of hydrogen-bond acceptors (Lipinski definition) is 1. The molecule has 0 aliphatic rings. The zero-order valence-corrected chi connectivity index (χ0v) is 11.7. The van der Waals surface area contributed by atoms with E-state index in [-0.39, 0.29) is 11.2 Å². The van der Waals surface area contributed by atoms with Crippen LogP contribution in [0.15, 0.2) is 48.5 Å². The number of anilines is 1. The summed E-state index contributed by atoms with van der Waals surface area (Å²) in [6.45, 7) is 7.03. The Morgan fingerprint density at radius 1 is 0.947 bits per heavy atom. The van der Waals surface area contributed by atoms with Crippen molar-refractivity contribution in [2.45, 2.75) is 32.7 Å². The molecule has 0 saturated heterocycles. The Hall–Kier alpha value is -1.83. The lowest BCUT2D eigenvalue weighted by molar-refractivity contribution is 0.591. The van der Waals surface area contributed by atoms with Crippen LogP contribution in [-0.4, -0.2) is 0 Å². The number of hydrogen-bond donors (Lipinski definition) is 1. The minimum atomic E-state index is -0.164. The molecule has 19 heavy (non-hydrogen) atoms. The maximum Gasteiger partial charge on any atom is 0.128 e. The maximum absolute atomic E-state index is 13.6. The topological polar surface area (TPSA) is 12.0 Å². The van der Waals surface area contributed by atoms with Crippen molar-refractivity contribution in [3.05, 3.63) is 65.5 Å². The van der Waals surface area contributed by atoms with Crippen LogP contribution >= 0.6 is 0 Å². The summed E-state index contributed by atoms with van der Waals surface area (Å²) in [6, 6.07) is 15.1. The van der Waals surface area contributed by atoms with Gasteiger partial charge in [0, 0.05) is 17.8 Å². The molecule has 0 aromatic heterocycles. The molecule has 0 fully saturated rings. The Balaban J connectivity index is 2.19. The zero-order valence-electron chi connectivity index (χ0n) is 11.7. The molecule has 1 N–H and O–H groups in total. The largest absolute Gasteiger partial charge is 0.381 e. The van der Waals surface area contributed by atoms with Gasteiger partial charge in [-0.2, -0.15) is 0 Å². The summed E-state index contributed by atoms with van der Waals surface area (Å²) in [4.78, 5) is 0. The van der Waals surface area contributed by atoms with E-state index in [4.69, 9.17) is 0 Å². The fourth-order valence-electron chi connectivity index (χ4n) is 2.12. The van der Waals surface area contributed by atoms with E-state index in [2.05, 4.69) is 32.2 Å². The molecule has 0 saturated carbocycles. The molecule has 100 valence electrons. The summed E-state index contributed by atoms with van der Waals surface area (Å²) in [5.74, 6) is -0.164. The molecule has 2 heteroatoms. The highest BCUT2D eigenvalue weighted by atomic mass is 19.1. The number of nitrogens with one attached hydrogen (secondary N) is 1. The Morgan fingerprint density at radius 3 is 2.26 bits per heavy atom.